The first-order chi connectivity index (χ1) is 7.11. The number of hydrogen-bond donors (Lipinski definition) is 1. The van der Waals surface area contributed by atoms with E-state index in [1.807, 2.05) is 31.3 Å². The highest BCUT2D eigenvalue weighted by Gasteiger charge is 2.31. The molecule has 0 aromatic heterocycles. The van der Waals surface area contributed by atoms with Crippen molar-refractivity contribution in [1.82, 2.24) is 0 Å². The van der Waals surface area contributed by atoms with E-state index in [9.17, 15) is 4.79 Å². The van der Waals surface area contributed by atoms with Crippen LogP contribution in [0.5, 0.6) is 0 Å². The van der Waals surface area contributed by atoms with Gasteiger partial charge in [0.15, 0.2) is 0 Å². The predicted molar refractivity (Wildman–Crippen MR) is 62.1 cm³/mol. The van der Waals surface area contributed by atoms with E-state index in [1.54, 1.807) is 4.90 Å². The first-order valence-electron chi connectivity index (χ1n) is 5.24. The van der Waals surface area contributed by atoms with Gasteiger partial charge < -0.3 is 10.2 Å². The summed E-state index contributed by atoms with van der Waals surface area (Å²) in [6, 6.07) is 7.78. The van der Waals surface area contributed by atoms with Crippen molar-refractivity contribution >= 4 is 17.3 Å². The molecule has 1 unspecified atom stereocenters. The van der Waals surface area contributed by atoms with Gasteiger partial charge in [0, 0.05) is 7.05 Å². The average molecular weight is 204 g/mol. The standard InChI is InChI=1S/C12H16N2O/c1-8(2)11-12(15)14(3)10-7-5-4-6-9(10)13-11/h4-8,11,13H,1-3H3. The number of carbonyl (C=O) groups is 1. The molecule has 3 heteroatoms. The number of hydrogen-bond acceptors (Lipinski definition) is 2. The van der Waals surface area contributed by atoms with Gasteiger partial charge in [-0.05, 0) is 18.1 Å². The molecular weight excluding hydrogens is 188 g/mol. The maximum atomic E-state index is 12.0. The molecule has 3 nitrogen and oxygen atoms in total. The number of nitrogens with one attached hydrogen (secondary N) is 1. The number of fused-ring (bicyclic) bond motifs is 1. The lowest BCUT2D eigenvalue weighted by molar-refractivity contribution is -0.120. The molecule has 1 atom stereocenters. The van der Waals surface area contributed by atoms with Gasteiger partial charge in [-0.2, -0.15) is 0 Å². The first-order valence-corrected chi connectivity index (χ1v) is 5.24. The van der Waals surface area contributed by atoms with Gasteiger partial charge in [0.25, 0.3) is 0 Å². The molecule has 0 saturated heterocycles. The third kappa shape index (κ3) is 1.58. The maximum Gasteiger partial charge on any atom is 0.249 e. The van der Waals surface area contributed by atoms with Crippen molar-refractivity contribution in [2.24, 2.45) is 5.92 Å². The van der Waals surface area contributed by atoms with E-state index in [-0.39, 0.29) is 11.9 Å². The van der Waals surface area contributed by atoms with Crippen LogP contribution in [0.15, 0.2) is 24.3 Å². The Bertz CT molecular complexity index is 387. The molecule has 1 aliphatic heterocycles. The minimum absolute atomic E-state index is 0.107. The molecule has 0 radical (unpaired) electrons. The predicted octanol–water partition coefficient (Wildman–Crippen LogP) is 2.10. The fourth-order valence-corrected chi connectivity index (χ4v) is 1.90. The minimum atomic E-state index is -0.107. The summed E-state index contributed by atoms with van der Waals surface area (Å²) in [5, 5.41) is 3.29. The molecule has 1 aromatic rings. The Hall–Kier alpha value is -1.51. The molecule has 0 spiro atoms. The molecule has 1 heterocycles. The lowest BCUT2D eigenvalue weighted by Crippen LogP contribution is -2.47. The number of likely N-dealkylation sites (N-methyl/N-ethyl adjacent to an activating group) is 1. The van der Waals surface area contributed by atoms with Crippen molar-refractivity contribution in [3.63, 3.8) is 0 Å². The van der Waals surface area contributed by atoms with Crippen LogP contribution in [0, 0.1) is 5.92 Å². The monoisotopic (exact) mass is 204 g/mol. The summed E-state index contributed by atoms with van der Waals surface area (Å²) in [7, 11) is 1.83. The smallest absolute Gasteiger partial charge is 0.249 e. The minimum Gasteiger partial charge on any atom is -0.372 e. The van der Waals surface area contributed by atoms with Crippen molar-refractivity contribution in [3.8, 4) is 0 Å². The number of nitrogens with zero attached hydrogens (tertiary/aromatic N) is 1. The number of carbonyl (C=O) groups excluding carboxylic acids is 1. The lowest BCUT2D eigenvalue weighted by atomic mass is 9.99. The SMILES string of the molecule is CC(C)C1Nc2ccccc2N(C)C1=O. The van der Waals surface area contributed by atoms with Crippen LogP contribution in [-0.4, -0.2) is 19.0 Å². The number of benzene rings is 1. The Morgan fingerprint density at radius 3 is 2.67 bits per heavy atom. The van der Waals surface area contributed by atoms with Crippen molar-refractivity contribution in [3.05, 3.63) is 24.3 Å². The highest BCUT2D eigenvalue weighted by Crippen LogP contribution is 2.31. The molecule has 0 saturated carbocycles. The summed E-state index contributed by atoms with van der Waals surface area (Å²) >= 11 is 0. The summed E-state index contributed by atoms with van der Waals surface area (Å²) in [6.45, 7) is 4.11. The normalized spacial score (nSPS) is 20.1. The van der Waals surface area contributed by atoms with E-state index in [4.69, 9.17) is 0 Å². The number of amides is 1. The molecule has 1 amide bonds. The van der Waals surface area contributed by atoms with Crippen LogP contribution in [0.2, 0.25) is 0 Å². The number of para-hydroxylation sites is 2. The van der Waals surface area contributed by atoms with Crippen molar-refractivity contribution < 1.29 is 4.79 Å². The van der Waals surface area contributed by atoms with Gasteiger partial charge in [-0.1, -0.05) is 26.0 Å². The molecule has 1 aromatic carbocycles. The van der Waals surface area contributed by atoms with E-state index in [0.29, 0.717) is 5.92 Å². The summed E-state index contributed by atoms with van der Waals surface area (Å²) in [5.41, 5.74) is 2.00. The topological polar surface area (TPSA) is 32.3 Å². The second-order valence-electron chi connectivity index (χ2n) is 4.28. The molecule has 1 N–H and O–H groups in total. The Kier molecular flexibility index (Phi) is 2.39. The molecule has 0 aliphatic carbocycles. The van der Waals surface area contributed by atoms with Gasteiger partial charge in [-0.3, -0.25) is 4.79 Å². The summed E-state index contributed by atoms with van der Waals surface area (Å²) in [6.07, 6.45) is 0. The van der Waals surface area contributed by atoms with Crippen LogP contribution in [-0.2, 0) is 4.79 Å². The molecule has 1 aliphatic rings. The Balaban J connectivity index is 2.41. The summed E-state index contributed by atoms with van der Waals surface area (Å²) in [4.78, 5) is 13.7. The highest BCUT2D eigenvalue weighted by atomic mass is 16.2. The zero-order valence-corrected chi connectivity index (χ0v) is 9.32. The molecule has 2 rings (SSSR count). The van der Waals surface area contributed by atoms with Gasteiger partial charge >= 0.3 is 0 Å². The van der Waals surface area contributed by atoms with Crippen LogP contribution < -0.4 is 10.2 Å². The van der Waals surface area contributed by atoms with Crippen LogP contribution in [0.3, 0.4) is 0 Å². The largest absolute Gasteiger partial charge is 0.372 e. The second kappa shape index (κ2) is 3.57. The van der Waals surface area contributed by atoms with Gasteiger partial charge in [-0.25, -0.2) is 0 Å². The molecular formula is C12H16N2O. The summed E-state index contributed by atoms with van der Waals surface area (Å²) < 4.78 is 0. The van der Waals surface area contributed by atoms with Crippen LogP contribution in [0.4, 0.5) is 11.4 Å². The van der Waals surface area contributed by atoms with Crippen molar-refractivity contribution in [2.45, 2.75) is 19.9 Å². The second-order valence-corrected chi connectivity index (χ2v) is 4.28. The van der Waals surface area contributed by atoms with Crippen molar-refractivity contribution in [1.29, 1.82) is 0 Å². The molecule has 80 valence electrons. The van der Waals surface area contributed by atoms with Crippen LogP contribution in [0.1, 0.15) is 13.8 Å². The quantitative estimate of drug-likeness (QED) is 0.759. The molecule has 0 bridgehead atoms. The Morgan fingerprint density at radius 1 is 1.33 bits per heavy atom. The van der Waals surface area contributed by atoms with E-state index in [0.717, 1.165) is 11.4 Å². The third-order valence-corrected chi connectivity index (χ3v) is 2.84. The van der Waals surface area contributed by atoms with Crippen LogP contribution in [0.25, 0.3) is 0 Å². The van der Waals surface area contributed by atoms with Gasteiger partial charge in [0.05, 0.1) is 11.4 Å². The van der Waals surface area contributed by atoms with Gasteiger partial charge in [0.1, 0.15) is 6.04 Å². The molecule has 0 fully saturated rings. The number of anilines is 2. The van der Waals surface area contributed by atoms with E-state index in [1.165, 1.54) is 0 Å². The Morgan fingerprint density at radius 2 is 2.00 bits per heavy atom. The fraction of sp³-hybridized carbons (Fsp3) is 0.417. The van der Waals surface area contributed by atoms with E-state index < -0.39 is 0 Å². The zero-order valence-electron chi connectivity index (χ0n) is 9.32. The maximum absolute atomic E-state index is 12.0. The van der Waals surface area contributed by atoms with E-state index in [2.05, 4.69) is 19.2 Å². The van der Waals surface area contributed by atoms with Gasteiger partial charge in [0.2, 0.25) is 5.91 Å². The van der Waals surface area contributed by atoms with E-state index >= 15 is 0 Å². The lowest BCUT2D eigenvalue weighted by Gasteiger charge is -2.34. The first kappa shape index (κ1) is 10.0. The molecule has 15 heavy (non-hydrogen) atoms. The zero-order chi connectivity index (χ0) is 11.0. The Labute approximate surface area is 90.1 Å². The highest BCUT2D eigenvalue weighted by molar-refractivity contribution is 6.04. The fourth-order valence-electron chi connectivity index (χ4n) is 1.90. The van der Waals surface area contributed by atoms with Gasteiger partial charge in [-0.15, -0.1) is 0 Å². The van der Waals surface area contributed by atoms with Crippen molar-refractivity contribution in [2.75, 3.05) is 17.3 Å². The summed E-state index contributed by atoms with van der Waals surface area (Å²) in [5.74, 6) is 0.442. The average Bonchev–Trinajstić information content (AvgIpc) is 2.23. The van der Waals surface area contributed by atoms with Crippen LogP contribution >= 0.6 is 0 Å². The third-order valence-electron chi connectivity index (χ3n) is 2.84. The number of rotatable bonds is 1.